The second-order valence-corrected chi connectivity index (χ2v) is 5.27. The fourth-order valence-corrected chi connectivity index (χ4v) is 2.47. The summed E-state index contributed by atoms with van der Waals surface area (Å²) >= 11 is 0. The van der Waals surface area contributed by atoms with Gasteiger partial charge in [-0.3, -0.25) is 14.5 Å². The first-order valence-corrected chi connectivity index (χ1v) is 7.34. The van der Waals surface area contributed by atoms with E-state index in [1.807, 2.05) is 31.3 Å². The van der Waals surface area contributed by atoms with Crippen LogP contribution in [0, 0.1) is 0 Å². The molecule has 21 heavy (non-hydrogen) atoms. The molecule has 1 aliphatic heterocycles. The van der Waals surface area contributed by atoms with Gasteiger partial charge in [-0.25, -0.2) is 0 Å². The van der Waals surface area contributed by atoms with Crippen molar-refractivity contribution in [1.82, 2.24) is 25.3 Å². The number of rotatable bonds is 4. The Kier molecular flexibility index (Phi) is 5.19. The highest BCUT2D eigenvalue weighted by Crippen LogP contribution is 2.10. The van der Waals surface area contributed by atoms with Gasteiger partial charge in [0.25, 0.3) is 0 Å². The fraction of sp³-hybridized carbons (Fsp3) is 0.643. The van der Waals surface area contributed by atoms with Gasteiger partial charge < -0.3 is 15.5 Å². The summed E-state index contributed by atoms with van der Waals surface area (Å²) in [5.74, 6) is 0.979. The summed E-state index contributed by atoms with van der Waals surface area (Å²) < 4.78 is 1.78. The van der Waals surface area contributed by atoms with E-state index in [1.54, 1.807) is 11.7 Å². The van der Waals surface area contributed by atoms with Crippen LogP contribution in [0.4, 0.5) is 0 Å². The molecule has 1 amide bonds. The molecule has 0 saturated carbocycles. The number of likely N-dealkylation sites (tertiary alicyclic amines) is 1. The van der Waals surface area contributed by atoms with E-state index >= 15 is 0 Å². The third-order valence-electron chi connectivity index (χ3n) is 3.63. The van der Waals surface area contributed by atoms with E-state index in [0.717, 1.165) is 31.0 Å². The average molecular weight is 292 g/mol. The Morgan fingerprint density at radius 3 is 3.00 bits per heavy atom. The zero-order valence-electron chi connectivity index (χ0n) is 13.0. The number of hydrogen-bond acceptors (Lipinski definition) is 3. The van der Waals surface area contributed by atoms with Crippen molar-refractivity contribution < 1.29 is 4.79 Å². The topological polar surface area (TPSA) is 74.6 Å². The zero-order chi connectivity index (χ0) is 15.2. The molecule has 2 rings (SSSR count). The summed E-state index contributed by atoms with van der Waals surface area (Å²) in [7, 11) is 3.65. The molecule has 1 aromatic heterocycles. The summed E-state index contributed by atoms with van der Waals surface area (Å²) in [5.41, 5.74) is 1.11. The van der Waals surface area contributed by atoms with Gasteiger partial charge in [-0.2, -0.15) is 5.10 Å². The van der Waals surface area contributed by atoms with Gasteiger partial charge in [-0.05, 0) is 6.42 Å². The van der Waals surface area contributed by atoms with Crippen molar-refractivity contribution in [2.75, 3.05) is 20.1 Å². The molecular formula is C14H24N6O. The van der Waals surface area contributed by atoms with Crippen molar-refractivity contribution >= 4 is 11.9 Å². The Morgan fingerprint density at radius 1 is 1.57 bits per heavy atom. The van der Waals surface area contributed by atoms with Crippen molar-refractivity contribution in [1.29, 1.82) is 0 Å². The minimum absolute atomic E-state index is 0.220. The minimum Gasteiger partial charge on any atom is -0.352 e. The van der Waals surface area contributed by atoms with E-state index in [-0.39, 0.29) is 11.9 Å². The van der Waals surface area contributed by atoms with Gasteiger partial charge in [0.1, 0.15) is 0 Å². The number of aromatic nitrogens is 2. The maximum Gasteiger partial charge on any atom is 0.222 e. The molecule has 0 radical (unpaired) electrons. The number of carbonyl (C=O) groups excluding carboxylic acids is 1. The maximum atomic E-state index is 11.7. The molecule has 1 saturated heterocycles. The van der Waals surface area contributed by atoms with Crippen LogP contribution in [0.15, 0.2) is 17.4 Å². The highest BCUT2D eigenvalue weighted by Gasteiger charge is 2.25. The molecule has 7 nitrogen and oxygen atoms in total. The number of nitrogens with one attached hydrogen (secondary N) is 2. The van der Waals surface area contributed by atoms with Crippen LogP contribution in [0.1, 0.15) is 25.3 Å². The molecule has 2 heterocycles. The lowest BCUT2D eigenvalue weighted by molar-refractivity contribution is -0.129. The zero-order valence-corrected chi connectivity index (χ0v) is 13.0. The first-order valence-electron chi connectivity index (χ1n) is 7.34. The van der Waals surface area contributed by atoms with Crippen molar-refractivity contribution in [3.63, 3.8) is 0 Å². The van der Waals surface area contributed by atoms with Gasteiger partial charge >= 0.3 is 0 Å². The Morgan fingerprint density at radius 2 is 2.38 bits per heavy atom. The predicted molar refractivity (Wildman–Crippen MR) is 81.8 cm³/mol. The van der Waals surface area contributed by atoms with E-state index < -0.39 is 0 Å². The predicted octanol–water partition coefficient (Wildman–Crippen LogP) is 0.0960. The molecule has 2 N–H and O–H groups in total. The molecule has 1 aromatic rings. The quantitative estimate of drug-likeness (QED) is 0.609. The Hall–Kier alpha value is -2.05. The van der Waals surface area contributed by atoms with Crippen molar-refractivity contribution in [2.45, 2.75) is 32.4 Å². The van der Waals surface area contributed by atoms with Crippen LogP contribution in [0.2, 0.25) is 0 Å². The molecule has 0 aliphatic carbocycles. The van der Waals surface area contributed by atoms with Gasteiger partial charge in [0.05, 0.1) is 6.20 Å². The van der Waals surface area contributed by atoms with Gasteiger partial charge in [0.2, 0.25) is 5.91 Å². The van der Waals surface area contributed by atoms with Crippen molar-refractivity contribution in [2.24, 2.45) is 12.0 Å². The van der Waals surface area contributed by atoms with Gasteiger partial charge in [0.15, 0.2) is 5.96 Å². The van der Waals surface area contributed by atoms with E-state index in [0.29, 0.717) is 13.0 Å². The Bertz CT molecular complexity index is 509. The van der Waals surface area contributed by atoms with Crippen LogP contribution >= 0.6 is 0 Å². The van der Waals surface area contributed by atoms with Crippen LogP contribution in [0.25, 0.3) is 0 Å². The van der Waals surface area contributed by atoms with E-state index in [9.17, 15) is 4.79 Å². The van der Waals surface area contributed by atoms with Gasteiger partial charge in [-0.1, -0.05) is 6.92 Å². The minimum atomic E-state index is 0.220. The number of aryl methyl sites for hydroxylation is 1. The number of nitrogens with zero attached hydrogens (tertiary/aromatic N) is 4. The average Bonchev–Trinajstić information content (AvgIpc) is 3.11. The molecule has 1 fully saturated rings. The molecule has 1 atom stereocenters. The van der Waals surface area contributed by atoms with Crippen molar-refractivity contribution in [3.8, 4) is 0 Å². The van der Waals surface area contributed by atoms with E-state index in [1.165, 1.54) is 0 Å². The molecule has 1 unspecified atom stereocenters. The third-order valence-corrected chi connectivity index (χ3v) is 3.63. The standard InChI is InChI=1S/C14H24N6O/c1-4-13(21)20-6-5-12(10-20)18-14(15-2)16-7-11-8-17-19(3)9-11/h8-9,12H,4-7,10H2,1-3H3,(H2,15,16,18). The molecule has 116 valence electrons. The first kappa shape index (κ1) is 15.3. The summed E-state index contributed by atoms with van der Waals surface area (Å²) in [6, 6.07) is 0.264. The van der Waals surface area contributed by atoms with Gasteiger partial charge in [0, 0.05) is 58.0 Å². The molecule has 0 bridgehead atoms. The lowest BCUT2D eigenvalue weighted by Gasteiger charge is -2.18. The lowest BCUT2D eigenvalue weighted by Crippen LogP contribution is -2.44. The van der Waals surface area contributed by atoms with Crippen LogP contribution in [-0.4, -0.2) is 52.7 Å². The largest absolute Gasteiger partial charge is 0.352 e. The van der Waals surface area contributed by atoms with Crippen molar-refractivity contribution in [3.05, 3.63) is 18.0 Å². The SMILES string of the molecule is CCC(=O)N1CCC(NC(=NC)NCc2cnn(C)c2)C1. The lowest BCUT2D eigenvalue weighted by atomic mass is 10.3. The number of carbonyl (C=O) groups is 1. The first-order chi connectivity index (χ1) is 10.1. The van der Waals surface area contributed by atoms with E-state index in [2.05, 4.69) is 20.7 Å². The Balaban J connectivity index is 1.79. The number of hydrogen-bond donors (Lipinski definition) is 2. The van der Waals surface area contributed by atoms with Crippen LogP contribution in [-0.2, 0) is 18.4 Å². The summed E-state index contributed by atoms with van der Waals surface area (Å²) in [6.07, 6.45) is 5.33. The highest BCUT2D eigenvalue weighted by molar-refractivity contribution is 5.80. The monoisotopic (exact) mass is 292 g/mol. The second-order valence-electron chi connectivity index (χ2n) is 5.27. The van der Waals surface area contributed by atoms with Crippen LogP contribution in [0.5, 0.6) is 0 Å². The highest BCUT2D eigenvalue weighted by atomic mass is 16.2. The number of aliphatic imine (C=N–C) groups is 1. The molecule has 0 aromatic carbocycles. The molecular weight excluding hydrogens is 268 g/mol. The number of amides is 1. The summed E-state index contributed by atoms with van der Waals surface area (Å²) in [4.78, 5) is 17.8. The third kappa shape index (κ3) is 4.21. The summed E-state index contributed by atoms with van der Waals surface area (Å²) in [6.45, 7) is 4.15. The molecule has 0 spiro atoms. The fourth-order valence-electron chi connectivity index (χ4n) is 2.47. The molecule has 7 heteroatoms. The number of guanidine groups is 1. The molecule has 1 aliphatic rings. The van der Waals surface area contributed by atoms with Crippen LogP contribution in [0.3, 0.4) is 0 Å². The van der Waals surface area contributed by atoms with Crippen LogP contribution < -0.4 is 10.6 Å². The van der Waals surface area contributed by atoms with E-state index in [4.69, 9.17) is 0 Å². The Labute approximate surface area is 125 Å². The van der Waals surface area contributed by atoms with Gasteiger partial charge in [-0.15, -0.1) is 0 Å². The summed E-state index contributed by atoms with van der Waals surface area (Å²) in [5, 5.41) is 10.8. The normalized spacial score (nSPS) is 18.9. The second kappa shape index (κ2) is 7.10. The smallest absolute Gasteiger partial charge is 0.222 e. The maximum absolute atomic E-state index is 11.7.